The lowest BCUT2D eigenvalue weighted by Gasteiger charge is -2.25. The fourth-order valence-electron chi connectivity index (χ4n) is 4.27. The van der Waals surface area contributed by atoms with Crippen molar-refractivity contribution in [2.24, 2.45) is 5.92 Å². The Morgan fingerprint density at radius 3 is 2.37 bits per heavy atom. The summed E-state index contributed by atoms with van der Waals surface area (Å²) < 4.78 is 10.5. The lowest BCUT2D eigenvalue weighted by atomic mass is 9.95. The molecule has 1 fully saturated rings. The van der Waals surface area contributed by atoms with E-state index < -0.39 is 23.7 Å². The number of hydrogen-bond acceptors (Lipinski definition) is 7. The summed E-state index contributed by atoms with van der Waals surface area (Å²) in [6, 6.07) is 18.5. The maximum Gasteiger partial charge on any atom is 0.309 e. The first-order chi connectivity index (χ1) is 18.2. The van der Waals surface area contributed by atoms with Crippen LogP contribution >= 0.6 is 0 Å². The van der Waals surface area contributed by atoms with Crippen LogP contribution in [0, 0.1) is 5.92 Å². The smallest absolute Gasteiger partial charge is 0.309 e. The van der Waals surface area contributed by atoms with Crippen LogP contribution in [-0.4, -0.2) is 41.6 Å². The number of benzene rings is 3. The van der Waals surface area contributed by atoms with E-state index in [0.717, 1.165) is 0 Å². The Balaban J connectivity index is 1.81. The van der Waals surface area contributed by atoms with Crippen LogP contribution in [0.4, 0.5) is 5.69 Å². The molecule has 1 aliphatic heterocycles. The lowest BCUT2D eigenvalue weighted by molar-refractivity contribution is -0.139. The summed E-state index contributed by atoms with van der Waals surface area (Å²) in [5.74, 6) is -1.68. The summed E-state index contributed by atoms with van der Waals surface area (Å²) in [5, 5.41) is 21.5. The van der Waals surface area contributed by atoms with Crippen molar-refractivity contribution < 1.29 is 34.1 Å². The third-order valence-corrected chi connectivity index (χ3v) is 6.11. The molecule has 1 amide bonds. The molecule has 0 bridgehead atoms. The third-order valence-electron chi connectivity index (χ3n) is 6.11. The van der Waals surface area contributed by atoms with Crippen molar-refractivity contribution >= 4 is 29.1 Å². The fraction of sp³-hybridized carbons (Fsp3) is 0.233. The van der Waals surface area contributed by atoms with Gasteiger partial charge in [0.25, 0.3) is 11.7 Å². The van der Waals surface area contributed by atoms with Crippen LogP contribution in [0.1, 0.15) is 36.6 Å². The number of esters is 1. The van der Waals surface area contributed by atoms with E-state index in [1.165, 1.54) is 24.1 Å². The van der Waals surface area contributed by atoms with Crippen molar-refractivity contribution in [3.63, 3.8) is 0 Å². The summed E-state index contributed by atoms with van der Waals surface area (Å²) in [6.45, 7) is 4.51. The number of amides is 1. The summed E-state index contributed by atoms with van der Waals surface area (Å²) in [7, 11) is 1.30. The molecule has 1 unspecified atom stereocenters. The molecule has 3 aromatic carbocycles. The van der Waals surface area contributed by atoms with Crippen LogP contribution < -0.4 is 9.64 Å². The number of carbonyl (C=O) groups excluding carboxylic acids is 3. The molecular weight excluding hydrogens is 486 g/mol. The summed E-state index contributed by atoms with van der Waals surface area (Å²) in [4.78, 5) is 39.6. The Hall–Kier alpha value is -4.59. The Labute approximate surface area is 220 Å². The standard InChI is InChI=1S/C30H29NO7/c1-18(2)17-38-24-9-5-7-21(16-24)28(34)26-27(20-6-4-8-23(32)15-20)31(30(36)29(26)35)22-12-10-19(11-13-22)14-25(33)37-3/h4-13,15-16,18,27,32,34H,14,17H2,1-3H3/b28-26-. The van der Waals surface area contributed by atoms with Crippen LogP contribution in [0.5, 0.6) is 11.5 Å². The molecule has 0 spiro atoms. The van der Waals surface area contributed by atoms with Gasteiger partial charge in [-0.3, -0.25) is 19.3 Å². The molecule has 0 aromatic heterocycles. The molecule has 2 N–H and O–H groups in total. The predicted octanol–water partition coefficient (Wildman–Crippen LogP) is 4.77. The van der Waals surface area contributed by atoms with E-state index in [2.05, 4.69) is 0 Å². The normalized spacial score (nSPS) is 16.6. The zero-order valence-electron chi connectivity index (χ0n) is 21.4. The lowest BCUT2D eigenvalue weighted by Crippen LogP contribution is -2.29. The molecule has 0 saturated carbocycles. The average molecular weight is 516 g/mol. The number of aliphatic hydroxyl groups is 1. The number of nitrogens with zero attached hydrogens (tertiary/aromatic N) is 1. The summed E-state index contributed by atoms with van der Waals surface area (Å²) in [6.07, 6.45) is 0.0564. The highest BCUT2D eigenvalue weighted by molar-refractivity contribution is 6.51. The largest absolute Gasteiger partial charge is 0.508 e. The second kappa shape index (κ2) is 11.2. The Kier molecular flexibility index (Phi) is 7.81. The maximum absolute atomic E-state index is 13.4. The number of anilines is 1. The summed E-state index contributed by atoms with van der Waals surface area (Å²) in [5.41, 5.74) is 1.71. The Morgan fingerprint density at radius 1 is 1.00 bits per heavy atom. The highest BCUT2D eigenvalue weighted by Gasteiger charge is 2.47. The number of rotatable bonds is 8. The van der Waals surface area contributed by atoms with E-state index in [0.29, 0.717) is 40.7 Å². The topological polar surface area (TPSA) is 113 Å². The molecule has 1 atom stereocenters. The van der Waals surface area contributed by atoms with Gasteiger partial charge in [-0.05, 0) is 53.4 Å². The van der Waals surface area contributed by atoms with Gasteiger partial charge in [0.2, 0.25) is 0 Å². The predicted molar refractivity (Wildman–Crippen MR) is 142 cm³/mol. The average Bonchev–Trinajstić information content (AvgIpc) is 3.17. The van der Waals surface area contributed by atoms with E-state index in [4.69, 9.17) is 9.47 Å². The van der Waals surface area contributed by atoms with Gasteiger partial charge in [-0.15, -0.1) is 0 Å². The number of carbonyl (C=O) groups is 3. The van der Waals surface area contributed by atoms with Crippen LogP contribution in [0.15, 0.2) is 78.4 Å². The molecule has 8 heteroatoms. The molecule has 0 radical (unpaired) electrons. The highest BCUT2D eigenvalue weighted by atomic mass is 16.5. The fourth-order valence-corrected chi connectivity index (χ4v) is 4.27. The second-order valence-electron chi connectivity index (χ2n) is 9.42. The van der Waals surface area contributed by atoms with Crippen molar-refractivity contribution in [1.82, 2.24) is 0 Å². The molecule has 3 aromatic rings. The van der Waals surface area contributed by atoms with Crippen molar-refractivity contribution in [3.05, 3.63) is 95.1 Å². The Morgan fingerprint density at radius 2 is 1.71 bits per heavy atom. The highest BCUT2D eigenvalue weighted by Crippen LogP contribution is 2.43. The molecular formula is C30H29NO7. The number of phenolic OH excluding ortho intramolecular Hbond substituents is 1. The zero-order valence-corrected chi connectivity index (χ0v) is 21.4. The SMILES string of the molecule is COC(=O)Cc1ccc(N2C(=O)C(=O)/C(=C(\O)c3cccc(OCC(C)C)c3)C2c2cccc(O)c2)cc1. The quantitative estimate of drug-likeness (QED) is 0.192. The van der Waals surface area contributed by atoms with Gasteiger partial charge in [0, 0.05) is 11.3 Å². The van der Waals surface area contributed by atoms with Gasteiger partial charge in [-0.1, -0.05) is 50.2 Å². The second-order valence-corrected chi connectivity index (χ2v) is 9.42. The van der Waals surface area contributed by atoms with E-state index in [1.807, 2.05) is 13.8 Å². The van der Waals surface area contributed by atoms with E-state index in [-0.39, 0.29) is 23.5 Å². The molecule has 4 rings (SSSR count). The van der Waals surface area contributed by atoms with E-state index in [1.54, 1.807) is 60.7 Å². The molecule has 1 aliphatic rings. The first kappa shape index (κ1) is 26.5. The van der Waals surface area contributed by atoms with Crippen molar-refractivity contribution in [2.75, 3.05) is 18.6 Å². The minimum atomic E-state index is -1.01. The Bertz CT molecular complexity index is 1390. The number of ether oxygens (including phenoxy) is 2. The number of hydrogen-bond donors (Lipinski definition) is 2. The van der Waals surface area contributed by atoms with Crippen LogP contribution in [0.2, 0.25) is 0 Å². The van der Waals surface area contributed by atoms with Gasteiger partial charge >= 0.3 is 5.97 Å². The van der Waals surface area contributed by atoms with Gasteiger partial charge in [-0.25, -0.2) is 0 Å². The number of aromatic hydroxyl groups is 1. The van der Waals surface area contributed by atoms with Crippen LogP contribution in [0.25, 0.3) is 5.76 Å². The molecule has 1 saturated heterocycles. The first-order valence-corrected chi connectivity index (χ1v) is 12.2. The molecule has 38 heavy (non-hydrogen) atoms. The monoisotopic (exact) mass is 515 g/mol. The third kappa shape index (κ3) is 5.54. The van der Waals surface area contributed by atoms with E-state index in [9.17, 15) is 24.6 Å². The molecule has 1 heterocycles. The van der Waals surface area contributed by atoms with Gasteiger partial charge in [0.05, 0.1) is 31.8 Å². The number of ketones is 1. The maximum atomic E-state index is 13.4. The van der Waals surface area contributed by atoms with Gasteiger partial charge in [-0.2, -0.15) is 0 Å². The number of aliphatic hydroxyl groups excluding tert-OH is 1. The zero-order chi connectivity index (χ0) is 27.4. The van der Waals surface area contributed by atoms with Gasteiger partial charge in [0.15, 0.2) is 0 Å². The number of methoxy groups -OCH3 is 1. The van der Waals surface area contributed by atoms with Crippen molar-refractivity contribution in [2.45, 2.75) is 26.3 Å². The van der Waals surface area contributed by atoms with Gasteiger partial charge in [0.1, 0.15) is 17.3 Å². The van der Waals surface area contributed by atoms with Crippen molar-refractivity contribution in [3.8, 4) is 11.5 Å². The number of Topliss-reactive ketones (excluding diaryl/α,β-unsaturated/α-hetero) is 1. The van der Waals surface area contributed by atoms with Crippen molar-refractivity contribution in [1.29, 1.82) is 0 Å². The van der Waals surface area contributed by atoms with Gasteiger partial charge < -0.3 is 19.7 Å². The number of phenols is 1. The molecule has 8 nitrogen and oxygen atoms in total. The molecule has 0 aliphatic carbocycles. The molecule has 196 valence electrons. The van der Waals surface area contributed by atoms with E-state index >= 15 is 0 Å². The van der Waals surface area contributed by atoms with Crippen LogP contribution in [0.3, 0.4) is 0 Å². The minimum absolute atomic E-state index is 0.0504. The summed E-state index contributed by atoms with van der Waals surface area (Å²) >= 11 is 0. The van der Waals surface area contributed by atoms with Crippen LogP contribution in [-0.2, 0) is 25.5 Å². The first-order valence-electron chi connectivity index (χ1n) is 12.2. The minimum Gasteiger partial charge on any atom is -0.508 e.